The SMILES string of the molecule is CCOC1(c2ccccc2)C(=O)N(CCCN(CC)CC)c2ccccc21.O.O=C(O)/C=C/C(=O)O. The molecule has 0 bridgehead atoms. The molecule has 0 fully saturated rings. The molecule has 0 aliphatic carbocycles. The van der Waals surface area contributed by atoms with Crippen molar-refractivity contribution < 1.29 is 34.8 Å². The fraction of sp³-hybridized carbons (Fsp3) is 0.370. The quantitative estimate of drug-likeness (QED) is 0.452. The summed E-state index contributed by atoms with van der Waals surface area (Å²) in [6.07, 6.45) is 2.06. The maximum atomic E-state index is 13.7. The molecule has 1 heterocycles. The minimum atomic E-state index is -1.26. The van der Waals surface area contributed by atoms with E-state index in [9.17, 15) is 14.4 Å². The molecule has 0 radical (unpaired) electrons. The summed E-state index contributed by atoms with van der Waals surface area (Å²) in [5.74, 6) is -2.49. The lowest BCUT2D eigenvalue weighted by Crippen LogP contribution is -2.44. The highest BCUT2D eigenvalue weighted by molar-refractivity contribution is 6.09. The van der Waals surface area contributed by atoms with Gasteiger partial charge in [-0.05, 0) is 44.6 Å². The first-order valence-electron chi connectivity index (χ1n) is 11.8. The Kier molecular flexibility index (Phi) is 12.5. The molecule has 4 N–H and O–H groups in total. The first-order valence-corrected chi connectivity index (χ1v) is 11.8. The smallest absolute Gasteiger partial charge is 0.328 e. The van der Waals surface area contributed by atoms with Gasteiger partial charge in [-0.15, -0.1) is 0 Å². The zero-order chi connectivity index (χ0) is 25.8. The third-order valence-corrected chi connectivity index (χ3v) is 5.78. The van der Waals surface area contributed by atoms with Gasteiger partial charge in [-0.2, -0.15) is 0 Å². The maximum Gasteiger partial charge on any atom is 0.328 e. The summed E-state index contributed by atoms with van der Waals surface area (Å²) in [4.78, 5) is 37.1. The van der Waals surface area contributed by atoms with E-state index in [1.54, 1.807) is 0 Å². The lowest BCUT2D eigenvalue weighted by Gasteiger charge is -2.29. The average molecular weight is 501 g/mol. The number of para-hydroxylation sites is 1. The number of hydrogen-bond acceptors (Lipinski definition) is 5. The van der Waals surface area contributed by atoms with Crippen LogP contribution in [0.4, 0.5) is 5.69 Å². The highest BCUT2D eigenvalue weighted by Crippen LogP contribution is 2.46. The molecule has 1 unspecified atom stereocenters. The summed E-state index contributed by atoms with van der Waals surface area (Å²) in [6, 6.07) is 17.9. The van der Waals surface area contributed by atoms with Crippen LogP contribution in [0, 0.1) is 0 Å². The van der Waals surface area contributed by atoms with Crippen molar-refractivity contribution in [2.45, 2.75) is 32.8 Å². The molecule has 0 saturated heterocycles. The van der Waals surface area contributed by atoms with Crippen molar-refractivity contribution in [1.29, 1.82) is 0 Å². The van der Waals surface area contributed by atoms with Crippen molar-refractivity contribution in [3.63, 3.8) is 0 Å². The lowest BCUT2D eigenvalue weighted by atomic mass is 9.87. The van der Waals surface area contributed by atoms with Crippen LogP contribution in [0.25, 0.3) is 0 Å². The van der Waals surface area contributed by atoms with Crippen molar-refractivity contribution in [2.24, 2.45) is 0 Å². The van der Waals surface area contributed by atoms with Gasteiger partial charge in [0, 0.05) is 30.9 Å². The molecule has 0 spiro atoms. The summed E-state index contributed by atoms with van der Waals surface area (Å²) < 4.78 is 6.21. The molecule has 9 nitrogen and oxygen atoms in total. The summed E-state index contributed by atoms with van der Waals surface area (Å²) >= 11 is 0. The van der Waals surface area contributed by atoms with E-state index in [-0.39, 0.29) is 11.4 Å². The van der Waals surface area contributed by atoms with Gasteiger partial charge in [0.15, 0.2) is 5.60 Å². The van der Waals surface area contributed by atoms with Gasteiger partial charge in [0.25, 0.3) is 5.91 Å². The zero-order valence-corrected chi connectivity index (χ0v) is 21.0. The van der Waals surface area contributed by atoms with E-state index in [4.69, 9.17) is 14.9 Å². The fourth-order valence-corrected chi connectivity index (χ4v) is 4.17. The van der Waals surface area contributed by atoms with Gasteiger partial charge in [0.05, 0.1) is 5.69 Å². The van der Waals surface area contributed by atoms with Gasteiger partial charge < -0.3 is 30.2 Å². The lowest BCUT2D eigenvalue weighted by molar-refractivity contribution is -0.137. The van der Waals surface area contributed by atoms with E-state index < -0.39 is 17.5 Å². The summed E-state index contributed by atoms with van der Waals surface area (Å²) in [7, 11) is 0. The zero-order valence-electron chi connectivity index (χ0n) is 21.0. The molecule has 0 saturated carbocycles. The minimum Gasteiger partial charge on any atom is -0.478 e. The highest BCUT2D eigenvalue weighted by atomic mass is 16.5. The number of ether oxygens (including phenoxy) is 1. The number of hydrogen-bond donors (Lipinski definition) is 2. The molecular formula is C27H36N2O7. The van der Waals surface area contributed by atoms with E-state index >= 15 is 0 Å². The van der Waals surface area contributed by atoms with E-state index in [0.29, 0.717) is 25.3 Å². The van der Waals surface area contributed by atoms with Crippen LogP contribution in [0.15, 0.2) is 66.7 Å². The van der Waals surface area contributed by atoms with Crippen LogP contribution >= 0.6 is 0 Å². The second-order valence-electron chi connectivity index (χ2n) is 7.84. The predicted molar refractivity (Wildman–Crippen MR) is 138 cm³/mol. The highest BCUT2D eigenvalue weighted by Gasteiger charge is 2.52. The van der Waals surface area contributed by atoms with Crippen LogP contribution in [-0.2, 0) is 24.7 Å². The van der Waals surface area contributed by atoms with Gasteiger partial charge in [0.1, 0.15) is 0 Å². The minimum absolute atomic E-state index is 0. The van der Waals surface area contributed by atoms with Crippen LogP contribution in [-0.4, -0.2) is 71.2 Å². The number of carbonyl (C=O) groups is 3. The molecule has 2 aromatic rings. The Bertz CT molecular complexity index is 1010. The average Bonchev–Trinajstić information content (AvgIpc) is 3.10. The Morgan fingerprint density at radius 1 is 0.944 bits per heavy atom. The van der Waals surface area contributed by atoms with Crippen molar-refractivity contribution in [3.8, 4) is 0 Å². The molecule has 1 aliphatic heterocycles. The topological polar surface area (TPSA) is 139 Å². The molecule has 36 heavy (non-hydrogen) atoms. The fourth-order valence-electron chi connectivity index (χ4n) is 4.17. The van der Waals surface area contributed by atoms with E-state index in [0.717, 1.165) is 42.9 Å². The first-order chi connectivity index (χ1) is 16.8. The van der Waals surface area contributed by atoms with Gasteiger partial charge in [0.2, 0.25) is 0 Å². The molecule has 1 atom stereocenters. The summed E-state index contributed by atoms with van der Waals surface area (Å²) in [5.41, 5.74) is 1.78. The van der Waals surface area contributed by atoms with Crippen LogP contribution in [0.2, 0.25) is 0 Å². The third kappa shape index (κ3) is 7.24. The van der Waals surface area contributed by atoms with E-state index in [1.807, 2.05) is 66.4 Å². The number of amides is 1. The van der Waals surface area contributed by atoms with Crippen LogP contribution in [0.5, 0.6) is 0 Å². The largest absolute Gasteiger partial charge is 0.478 e. The van der Waals surface area contributed by atoms with Gasteiger partial charge in [-0.1, -0.05) is 62.4 Å². The normalized spacial score (nSPS) is 16.3. The van der Waals surface area contributed by atoms with Crippen LogP contribution in [0.1, 0.15) is 38.3 Å². The second-order valence-corrected chi connectivity index (χ2v) is 7.84. The Morgan fingerprint density at radius 3 is 2.03 bits per heavy atom. The number of anilines is 1. The number of carboxylic acid groups (broad SMARTS) is 2. The van der Waals surface area contributed by atoms with Crippen molar-refractivity contribution in [2.75, 3.05) is 37.7 Å². The van der Waals surface area contributed by atoms with Gasteiger partial charge in [-0.25, -0.2) is 9.59 Å². The van der Waals surface area contributed by atoms with E-state index in [1.165, 1.54) is 0 Å². The number of fused-ring (bicyclic) bond motifs is 1. The summed E-state index contributed by atoms with van der Waals surface area (Å²) in [6.45, 7) is 10.5. The molecule has 196 valence electrons. The number of rotatable bonds is 11. The van der Waals surface area contributed by atoms with Crippen molar-refractivity contribution in [1.82, 2.24) is 4.90 Å². The molecule has 1 aliphatic rings. The first kappa shape index (κ1) is 30.5. The number of carboxylic acids is 2. The standard InChI is InChI=1S/C23H30N2O2.C4H4O4.H2O/c1-4-24(5-2)17-12-18-25-21-16-11-10-15-20(21)23(22(25)26,27-6-3)19-13-8-7-9-14-19;5-3(6)1-2-4(7)8;/h7-11,13-16H,4-6,12,17-18H2,1-3H3;1-2H,(H,5,6)(H,7,8);1H2/b;2-1+;. The molecule has 0 aromatic heterocycles. The molecular weight excluding hydrogens is 464 g/mol. The van der Waals surface area contributed by atoms with Crippen LogP contribution in [0.3, 0.4) is 0 Å². The maximum absolute atomic E-state index is 13.7. The van der Waals surface area contributed by atoms with Crippen molar-refractivity contribution in [3.05, 3.63) is 77.9 Å². The Morgan fingerprint density at radius 2 is 1.50 bits per heavy atom. The van der Waals surface area contributed by atoms with Crippen LogP contribution < -0.4 is 4.90 Å². The summed E-state index contributed by atoms with van der Waals surface area (Å²) in [5, 5.41) is 15.6. The Labute approximate surface area is 211 Å². The molecule has 2 aromatic carbocycles. The second kappa shape index (κ2) is 14.8. The van der Waals surface area contributed by atoms with Gasteiger partial charge in [-0.3, -0.25) is 4.79 Å². The monoisotopic (exact) mass is 500 g/mol. The predicted octanol–water partition coefficient (Wildman–Crippen LogP) is 2.93. The number of aliphatic carboxylic acids is 2. The molecule has 3 rings (SSSR count). The number of nitrogens with zero attached hydrogens (tertiary/aromatic N) is 2. The number of benzene rings is 2. The molecule has 9 heteroatoms. The number of carbonyl (C=O) groups excluding carboxylic acids is 1. The third-order valence-electron chi connectivity index (χ3n) is 5.78. The Hall–Kier alpha value is -3.53. The van der Waals surface area contributed by atoms with Gasteiger partial charge >= 0.3 is 11.9 Å². The van der Waals surface area contributed by atoms with E-state index in [2.05, 4.69) is 18.7 Å². The van der Waals surface area contributed by atoms with Crippen molar-refractivity contribution >= 4 is 23.5 Å². The Balaban J connectivity index is 0.000000625. The molecule has 1 amide bonds.